The van der Waals surface area contributed by atoms with Gasteiger partial charge >= 0.3 is 0 Å². The molecule has 21 heavy (non-hydrogen) atoms. The van der Waals surface area contributed by atoms with Crippen LogP contribution in [-0.2, 0) is 9.47 Å². The van der Waals surface area contributed by atoms with Crippen LogP contribution in [0.2, 0.25) is 0 Å². The molecule has 1 aromatic heterocycles. The summed E-state index contributed by atoms with van der Waals surface area (Å²) >= 11 is 0. The second-order valence-electron chi connectivity index (χ2n) is 6.38. The lowest BCUT2D eigenvalue weighted by atomic mass is 9.66. The Morgan fingerprint density at radius 2 is 2.24 bits per heavy atom. The number of methoxy groups -OCH3 is 1. The highest BCUT2D eigenvalue weighted by Gasteiger charge is 2.67. The van der Waals surface area contributed by atoms with Crippen molar-refractivity contribution in [3.05, 3.63) is 28.9 Å². The number of hydrogen-bond acceptors (Lipinski definition) is 6. The van der Waals surface area contributed by atoms with Gasteiger partial charge in [-0.2, -0.15) is 0 Å². The highest BCUT2D eigenvalue weighted by atomic mass is 16.6. The lowest BCUT2D eigenvalue weighted by Crippen LogP contribution is -2.51. The normalized spacial score (nSPS) is 40.2. The molecule has 0 radical (unpaired) electrons. The van der Waals surface area contributed by atoms with Gasteiger partial charge in [-0.1, -0.05) is 5.16 Å². The molecular formula is C15H20N2O4. The van der Waals surface area contributed by atoms with E-state index in [9.17, 15) is 5.11 Å². The van der Waals surface area contributed by atoms with Crippen LogP contribution in [-0.4, -0.2) is 48.1 Å². The first-order chi connectivity index (χ1) is 10.0. The van der Waals surface area contributed by atoms with Crippen molar-refractivity contribution < 1.29 is 19.1 Å². The lowest BCUT2D eigenvalue weighted by Gasteiger charge is -2.46. The van der Waals surface area contributed by atoms with Crippen LogP contribution in [0, 0.1) is 12.8 Å². The summed E-state index contributed by atoms with van der Waals surface area (Å²) in [5.74, 6) is 1.58. The number of aromatic nitrogens is 1. The van der Waals surface area contributed by atoms with Crippen LogP contribution in [0.15, 0.2) is 16.4 Å². The van der Waals surface area contributed by atoms with Crippen LogP contribution in [0.4, 0.5) is 0 Å². The third-order valence-electron chi connectivity index (χ3n) is 5.15. The number of rotatable bonds is 2. The number of aliphatic hydroxyl groups excluding tert-OH is 1. The molecule has 3 aliphatic rings. The molecule has 5 atom stereocenters. The van der Waals surface area contributed by atoms with Crippen molar-refractivity contribution in [3.8, 4) is 0 Å². The van der Waals surface area contributed by atoms with Gasteiger partial charge in [0.2, 0.25) is 0 Å². The second kappa shape index (κ2) is 4.09. The fraction of sp³-hybridized carbons (Fsp3) is 0.667. The van der Waals surface area contributed by atoms with Crippen LogP contribution in [0.5, 0.6) is 0 Å². The third-order valence-corrected chi connectivity index (χ3v) is 5.15. The Morgan fingerprint density at radius 1 is 1.48 bits per heavy atom. The minimum atomic E-state index is -0.808. The molecule has 1 fully saturated rings. The van der Waals surface area contributed by atoms with Gasteiger partial charge in [0.25, 0.3) is 0 Å². The Balaban J connectivity index is 1.95. The highest BCUT2D eigenvalue weighted by Crippen LogP contribution is 2.62. The first-order valence-corrected chi connectivity index (χ1v) is 7.25. The molecule has 1 spiro atoms. The molecule has 3 heterocycles. The van der Waals surface area contributed by atoms with Gasteiger partial charge in [0.1, 0.15) is 11.9 Å². The minimum absolute atomic E-state index is 0.000628. The van der Waals surface area contributed by atoms with Gasteiger partial charge in [0, 0.05) is 5.92 Å². The summed E-state index contributed by atoms with van der Waals surface area (Å²) in [7, 11) is 5.66. The summed E-state index contributed by atoms with van der Waals surface area (Å²) in [6.07, 6.45) is 2.03. The lowest BCUT2D eigenvalue weighted by molar-refractivity contribution is -0.131. The van der Waals surface area contributed by atoms with Crippen molar-refractivity contribution in [1.82, 2.24) is 10.1 Å². The molecule has 0 saturated carbocycles. The molecule has 2 aliphatic heterocycles. The Labute approximate surface area is 123 Å². The maximum atomic E-state index is 11.0. The van der Waals surface area contributed by atoms with E-state index >= 15 is 0 Å². The van der Waals surface area contributed by atoms with Gasteiger partial charge in [0.05, 0.1) is 30.5 Å². The number of ether oxygens (including phenoxy) is 2. The van der Waals surface area contributed by atoms with Crippen molar-refractivity contribution >= 4 is 0 Å². The van der Waals surface area contributed by atoms with Crippen molar-refractivity contribution in [3.63, 3.8) is 0 Å². The topological polar surface area (TPSA) is 68.0 Å². The quantitative estimate of drug-likeness (QED) is 0.886. The number of hydrogen-bond donors (Lipinski definition) is 1. The second-order valence-corrected chi connectivity index (χ2v) is 6.38. The van der Waals surface area contributed by atoms with E-state index in [1.54, 1.807) is 7.11 Å². The Bertz CT molecular complexity index is 623. The number of fused-ring (bicyclic) bond motifs is 2. The molecule has 0 amide bonds. The molecule has 114 valence electrons. The van der Waals surface area contributed by atoms with Crippen molar-refractivity contribution in [2.24, 2.45) is 5.92 Å². The summed E-state index contributed by atoms with van der Waals surface area (Å²) in [5.41, 5.74) is 0.652. The summed E-state index contributed by atoms with van der Waals surface area (Å²) in [4.78, 5) is 2.11. The standard InChI is InChI=1S/C15H20N2O4/c1-7-11-13(21-16-7)12(17(2)3)9-5-8-6-10(19-4)15(9,20-8)14(11)18/h6,8-9,12,14,18H,5H2,1-4H3/t8-,9-,12-,14-,15-/m0/s1. The summed E-state index contributed by atoms with van der Waals surface area (Å²) < 4.78 is 17.3. The maximum absolute atomic E-state index is 11.0. The summed E-state index contributed by atoms with van der Waals surface area (Å²) in [6, 6.07) is 0.0217. The molecular weight excluding hydrogens is 272 g/mol. The molecule has 2 bridgehead atoms. The van der Waals surface area contributed by atoms with E-state index < -0.39 is 11.7 Å². The summed E-state index contributed by atoms with van der Waals surface area (Å²) in [5, 5.41) is 15.1. The molecule has 0 unspecified atom stereocenters. The third kappa shape index (κ3) is 1.40. The maximum Gasteiger partial charge on any atom is 0.160 e. The molecule has 4 rings (SSSR count). The summed E-state index contributed by atoms with van der Waals surface area (Å²) in [6.45, 7) is 1.85. The predicted octanol–water partition coefficient (Wildman–Crippen LogP) is 1.32. The molecule has 0 aromatic carbocycles. The van der Waals surface area contributed by atoms with E-state index in [2.05, 4.69) is 10.1 Å². The zero-order valence-corrected chi connectivity index (χ0v) is 12.7. The van der Waals surface area contributed by atoms with Crippen molar-refractivity contribution in [2.75, 3.05) is 21.2 Å². The van der Waals surface area contributed by atoms with E-state index in [0.717, 1.165) is 23.5 Å². The van der Waals surface area contributed by atoms with Gasteiger partial charge in [-0.05, 0) is 33.5 Å². The van der Waals surface area contributed by atoms with Crippen LogP contribution in [0.3, 0.4) is 0 Å². The Morgan fingerprint density at radius 3 is 2.90 bits per heavy atom. The van der Waals surface area contributed by atoms with Gasteiger partial charge in [-0.25, -0.2) is 0 Å². The molecule has 1 saturated heterocycles. The van der Waals surface area contributed by atoms with Gasteiger partial charge in [-0.3, -0.25) is 4.90 Å². The van der Waals surface area contributed by atoms with E-state index in [0.29, 0.717) is 5.69 Å². The molecule has 1 aliphatic carbocycles. The number of aryl methyl sites for hydroxylation is 1. The smallest absolute Gasteiger partial charge is 0.160 e. The van der Waals surface area contributed by atoms with E-state index in [4.69, 9.17) is 14.0 Å². The van der Waals surface area contributed by atoms with Crippen LogP contribution < -0.4 is 0 Å². The molecule has 1 N–H and O–H groups in total. The zero-order valence-electron chi connectivity index (χ0n) is 12.7. The van der Waals surface area contributed by atoms with E-state index in [1.807, 2.05) is 27.1 Å². The fourth-order valence-electron chi connectivity index (χ4n) is 4.38. The van der Waals surface area contributed by atoms with Gasteiger partial charge < -0.3 is 19.1 Å². The largest absolute Gasteiger partial charge is 0.498 e. The number of aliphatic hydroxyl groups is 1. The van der Waals surface area contributed by atoms with E-state index in [-0.39, 0.29) is 18.1 Å². The Hall–Kier alpha value is -1.37. The molecule has 6 nitrogen and oxygen atoms in total. The predicted molar refractivity (Wildman–Crippen MR) is 73.4 cm³/mol. The SMILES string of the molecule is COC1=C[C@@H]2C[C@H]3[C@H](N(C)C)c4onc(C)c4[C@H](O)[C@@]13O2. The van der Waals surface area contributed by atoms with Gasteiger partial charge in [0.15, 0.2) is 11.4 Å². The van der Waals surface area contributed by atoms with Gasteiger partial charge in [-0.15, -0.1) is 0 Å². The minimum Gasteiger partial charge on any atom is -0.498 e. The fourth-order valence-corrected chi connectivity index (χ4v) is 4.38. The van der Waals surface area contributed by atoms with Crippen LogP contribution in [0.1, 0.15) is 35.6 Å². The Kier molecular flexibility index (Phi) is 2.59. The number of nitrogens with zero attached hydrogens (tertiary/aromatic N) is 2. The monoisotopic (exact) mass is 292 g/mol. The van der Waals surface area contributed by atoms with Crippen LogP contribution in [0.25, 0.3) is 0 Å². The molecule has 6 heteroatoms. The molecule has 1 aromatic rings. The van der Waals surface area contributed by atoms with E-state index in [1.165, 1.54) is 0 Å². The average molecular weight is 292 g/mol. The first-order valence-electron chi connectivity index (χ1n) is 7.25. The zero-order chi connectivity index (χ0) is 14.9. The first kappa shape index (κ1) is 13.3. The average Bonchev–Trinajstić information content (AvgIpc) is 3.09. The highest BCUT2D eigenvalue weighted by molar-refractivity contribution is 5.43. The van der Waals surface area contributed by atoms with Crippen molar-refractivity contribution in [2.45, 2.75) is 37.2 Å². The van der Waals surface area contributed by atoms with Crippen molar-refractivity contribution in [1.29, 1.82) is 0 Å². The van der Waals surface area contributed by atoms with Crippen LogP contribution >= 0.6 is 0 Å².